The molecule has 1 heterocycles. The number of carbonyl (C=O) groups is 1. The van der Waals surface area contributed by atoms with Gasteiger partial charge in [0.2, 0.25) is 0 Å². The molecule has 1 aliphatic carbocycles. The van der Waals surface area contributed by atoms with Crippen molar-refractivity contribution in [1.82, 2.24) is 5.32 Å². The lowest BCUT2D eigenvalue weighted by molar-refractivity contribution is -0.139. The quantitative estimate of drug-likeness (QED) is 0.880. The molecule has 1 saturated heterocycles. The van der Waals surface area contributed by atoms with Crippen LogP contribution >= 0.6 is 11.8 Å². The van der Waals surface area contributed by atoms with Crippen molar-refractivity contribution in [3.8, 4) is 0 Å². The molecule has 0 amide bonds. The van der Waals surface area contributed by atoms with Crippen molar-refractivity contribution >= 4 is 17.7 Å². The third-order valence-electron chi connectivity index (χ3n) is 3.63. The summed E-state index contributed by atoms with van der Waals surface area (Å²) in [6.07, 6.45) is 3.34. The van der Waals surface area contributed by atoms with E-state index in [9.17, 15) is 4.79 Å². The highest BCUT2D eigenvalue weighted by molar-refractivity contribution is 7.99. The fourth-order valence-corrected chi connectivity index (χ4v) is 3.58. The minimum absolute atomic E-state index is 0.119. The van der Waals surface area contributed by atoms with Crippen LogP contribution < -0.4 is 5.32 Å². The van der Waals surface area contributed by atoms with Gasteiger partial charge in [0.05, 0.1) is 5.37 Å². The van der Waals surface area contributed by atoms with Gasteiger partial charge in [-0.15, -0.1) is 11.8 Å². The number of rotatable bonds is 3. The normalized spacial score (nSPS) is 28.0. The van der Waals surface area contributed by atoms with Crippen molar-refractivity contribution in [3.05, 3.63) is 35.4 Å². The summed E-state index contributed by atoms with van der Waals surface area (Å²) in [5, 5.41) is 12.4. The van der Waals surface area contributed by atoms with E-state index in [1.165, 1.54) is 24.0 Å². The highest BCUT2D eigenvalue weighted by Crippen LogP contribution is 2.40. The molecule has 2 atom stereocenters. The molecule has 2 aliphatic rings. The Labute approximate surface area is 111 Å². The van der Waals surface area contributed by atoms with E-state index in [1.54, 1.807) is 11.8 Å². The van der Waals surface area contributed by atoms with Crippen LogP contribution in [0.1, 0.15) is 41.7 Å². The zero-order chi connectivity index (χ0) is 12.5. The number of benzene rings is 1. The SMILES string of the molecule is O=C(O)C1CCSC(c2ccc(C3CC3)cc2)N1. The van der Waals surface area contributed by atoms with E-state index in [0.29, 0.717) is 6.42 Å². The van der Waals surface area contributed by atoms with E-state index in [-0.39, 0.29) is 5.37 Å². The van der Waals surface area contributed by atoms with Gasteiger partial charge in [-0.1, -0.05) is 24.3 Å². The number of hydrogen-bond acceptors (Lipinski definition) is 3. The van der Waals surface area contributed by atoms with Gasteiger partial charge in [0.25, 0.3) is 0 Å². The van der Waals surface area contributed by atoms with Gasteiger partial charge >= 0.3 is 5.97 Å². The van der Waals surface area contributed by atoms with Crippen LogP contribution in [-0.4, -0.2) is 22.9 Å². The van der Waals surface area contributed by atoms with Crippen LogP contribution in [-0.2, 0) is 4.79 Å². The molecule has 0 radical (unpaired) electrons. The summed E-state index contributed by atoms with van der Waals surface area (Å²) >= 11 is 1.79. The maximum Gasteiger partial charge on any atom is 0.320 e. The first-order chi connectivity index (χ1) is 8.74. The Morgan fingerprint density at radius 3 is 2.44 bits per heavy atom. The molecule has 0 bridgehead atoms. The second-order valence-corrected chi connectivity index (χ2v) is 6.25. The molecule has 0 aromatic heterocycles. The molecule has 18 heavy (non-hydrogen) atoms. The zero-order valence-corrected chi connectivity index (χ0v) is 11.0. The lowest BCUT2D eigenvalue weighted by Crippen LogP contribution is -2.41. The maximum atomic E-state index is 11.0. The molecule has 2 unspecified atom stereocenters. The Morgan fingerprint density at radius 1 is 1.17 bits per heavy atom. The minimum atomic E-state index is -0.741. The van der Waals surface area contributed by atoms with Gasteiger partial charge in [-0.25, -0.2) is 0 Å². The maximum absolute atomic E-state index is 11.0. The lowest BCUT2D eigenvalue weighted by Gasteiger charge is -2.28. The second-order valence-electron chi connectivity index (χ2n) is 5.04. The molecule has 1 aliphatic heterocycles. The Bertz CT molecular complexity index is 442. The van der Waals surface area contributed by atoms with Gasteiger partial charge < -0.3 is 5.11 Å². The highest BCUT2D eigenvalue weighted by atomic mass is 32.2. The lowest BCUT2D eigenvalue weighted by atomic mass is 10.1. The largest absolute Gasteiger partial charge is 0.480 e. The van der Waals surface area contributed by atoms with Crippen molar-refractivity contribution in [2.24, 2.45) is 0 Å². The average molecular weight is 263 g/mol. The van der Waals surface area contributed by atoms with Gasteiger partial charge in [-0.3, -0.25) is 10.1 Å². The van der Waals surface area contributed by atoms with E-state index >= 15 is 0 Å². The molecule has 3 nitrogen and oxygen atoms in total. The van der Waals surface area contributed by atoms with E-state index in [1.807, 2.05) is 0 Å². The van der Waals surface area contributed by atoms with Crippen molar-refractivity contribution < 1.29 is 9.90 Å². The molecular formula is C14H17NO2S. The van der Waals surface area contributed by atoms with E-state index in [0.717, 1.165) is 11.7 Å². The zero-order valence-electron chi connectivity index (χ0n) is 10.1. The molecule has 4 heteroatoms. The number of nitrogens with one attached hydrogen (secondary N) is 1. The summed E-state index contributed by atoms with van der Waals surface area (Å²) in [6.45, 7) is 0. The van der Waals surface area contributed by atoms with Crippen LogP contribution in [0.2, 0.25) is 0 Å². The van der Waals surface area contributed by atoms with Crippen LogP contribution in [0.3, 0.4) is 0 Å². The molecule has 0 spiro atoms. The van der Waals surface area contributed by atoms with Crippen LogP contribution in [0.4, 0.5) is 0 Å². The number of carboxylic acids is 1. The van der Waals surface area contributed by atoms with Crippen molar-refractivity contribution in [1.29, 1.82) is 0 Å². The fraction of sp³-hybridized carbons (Fsp3) is 0.500. The molecule has 3 rings (SSSR count). The van der Waals surface area contributed by atoms with Crippen molar-refractivity contribution in [2.75, 3.05) is 5.75 Å². The summed E-state index contributed by atoms with van der Waals surface area (Å²) < 4.78 is 0. The van der Waals surface area contributed by atoms with Crippen molar-refractivity contribution in [3.63, 3.8) is 0 Å². The molecular weight excluding hydrogens is 246 g/mol. The van der Waals surface area contributed by atoms with Crippen LogP contribution in [0.15, 0.2) is 24.3 Å². The van der Waals surface area contributed by atoms with Crippen LogP contribution in [0.5, 0.6) is 0 Å². The van der Waals surface area contributed by atoms with E-state index < -0.39 is 12.0 Å². The van der Waals surface area contributed by atoms with E-state index in [4.69, 9.17) is 5.11 Å². The predicted octanol–water partition coefficient (Wildman–Crippen LogP) is 2.74. The third kappa shape index (κ3) is 2.54. The summed E-state index contributed by atoms with van der Waals surface area (Å²) in [5.74, 6) is 0.937. The van der Waals surface area contributed by atoms with Crippen LogP contribution in [0.25, 0.3) is 0 Å². The predicted molar refractivity (Wildman–Crippen MR) is 72.8 cm³/mol. The smallest absolute Gasteiger partial charge is 0.320 e. The summed E-state index contributed by atoms with van der Waals surface area (Å²) in [5.41, 5.74) is 2.62. The number of carboxylic acid groups (broad SMARTS) is 1. The molecule has 1 aromatic rings. The Balaban J connectivity index is 1.71. The summed E-state index contributed by atoms with van der Waals surface area (Å²) in [7, 11) is 0. The van der Waals surface area contributed by atoms with E-state index in [2.05, 4.69) is 29.6 Å². The Kier molecular flexibility index (Phi) is 3.31. The second kappa shape index (κ2) is 4.94. The first-order valence-electron chi connectivity index (χ1n) is 6.44. The average Bonchev–Trinajstić information content (AvgIpc) is 3.23. The molecule has 2 N–H and O–H groups in total. The summed E-state index contributed by atoms with van der Waals surface area (Å²) in [6, 6.07) is 8.27. The Morgan fingerprint density at radius 2 is 1.83 bits per heavy atom. The number of aliphatic carboxylic acids is 1. The molecule has 1 saturated carbocycles. The highest BCUT2D eigenvalue weighted by Gasteiger charge is 2.28. The first kappa shape index (κ1) is 12.1. The summed E-state index contributed by atoms with van der Waals surface area (Å²) in [4.78, 5) is 11.0. The topological polar surface area (TPSA) is 49.3 Å². The van der Waals surface area contributed by atoms with Crippen LogP contribution in [0, 0.1) is 0 Å². The van der Waals surface area contributed by atoms with Gasteiger partial charge in [0, 0.05) is 0 Å². The minimum Gasteiger partial charge on any atom is -0.480 e. The van der Waals surface area contributed by atoms with Crippen molar-refractivity contribution in [2.45, 2.75) is 36.6 Å². The standard InChI is InChI=1S/C14H17NO2S/c16-14(17)12-7-8-18-13(15-12)11-5-3-10(4-6-11)9-1-2-9/h3-6,9,12-13,15H,1-2,7-8H2,(H,16,17). The number of thioether (sulfide) groups is 1. The first-order valence-corrected chi connectivity index (χ1v) is 7.49. The van der Waals surface area contributed by atoms with Gasteiger partial charge in [0.15, 0.2) is 0 Å². The van der Waals surface area contributed by atoms with Gasteiger partial charge in [-0.2, -0.15) is 0 Å². The fourth-order valence-electron chi connectivity index (χ4n) is 2.36. The molecule has 96 valence electrons. The monoisotopic (exact) mass is 263 g/mol. The Hall–Kier alpha value is -1.00. The third-order valence-corrected chi connectivity index (χ3v) is 4.84. The molecule has 2 fully saturated rings. The number of hydrogen-bond donors (Lipinski definition) is 2. The molecule has 1 aromatic carbocycles. The van der Waals surface area contributed by atoms with Gasteiger partial charge in [-0.05, 0) is 42.1 Å². The van der Waals surface area contributed by atoms with Gasteiger partial charge in [0.1, 0.15) is 6.04 Å².